The number of esters is 1. The number of rotatable bonds is 5. The lowest BCUT2D eigenvalue weighted by Gasteiger charge is -2.08. The lowest BCUT2D eigenvalue weighted by atomic mass is 10.2. The molecule has 0 amide bonds. The van der Waals surface area contributed by atoms with Crippen molar-refractivity contribution in [2.45, 2.75) is 13.0 Å². The van der Waals surface area contributed by atoms with Crippen LogP contribution in [0, 0.1) is 0 Å². The van der Waals surface area contributed by atoms with Crippen molar-refractivity contribution in [2.24, 2.45) is 0 Å². The molecular weight excluding hydrogens is 361 g/mol. The standard InChI is InChI=1S/C15H9F3N2O4S/c16-15(17,18)23-10-5-3-9(4-6-10)14(21)22-8-12-19-13(24-20-12)11-2-1-7-25-11/h1-7H,8H2. The maximum atomic E-state index is 12.1. The van der Waals surface area contributed by atoms with Gasteiger partial charge < -0.3 is 14.0 Å². The Kier molecular flexibility index (Phi) is 4.70. The fourth-order valence-electron chi connectivity index (χ4n) is 1.82. The Hall–Kier alpha value is -2.88. The largest absolute Gasteiger partial charge is 0.573 e. The monoisotopic (exact) mass is 370 g/mol. The Balaban J connectivity index is 1.57. The van der Waals surface area contributed by atoms with E-state index >= 15 is 0 Å². The zero-order valence-corrected chi connectivity index (χ0v) is 13.1. The minimum atomic E-state index is -4.79. The van der Waals surface area contributed by atoms with E-state index < -0.39 is 18.1 Å². The number of alkyl halides is 3. The molecule has 2 heterocycles. The van der Waals surface area contributed by atoms with Crippen LogP contribution in [0.15, 0.2) is 46.3 Å². The summed E-state index contributed by atoms with van der Waals surface area (Å²) in [5.41, 5.74) is 0.0662. The third-order valence-corrected chi connectivity index (χ3v) is 3.71. The van der Waals surface area contributed by atoms with Gasteiger partial charge in [0.15, 0.2) is 6.61 Å². The number of aromatic nitrogens is 2. The van der Waals surface area contributed by atoms with Gasteiger partial charge in [-0.1, -0.05) is 11.2 Å². The van der Waals surface area contributed by atoms with E-state index in [0.717, 1.165) is 29.1 Å². The van der Waals surface area contributed by atoms with Crippen LogP contribution in [-0.4, -0.2) is 22.5 Å². The van der Waals surface area contributed by atoms with Crippen molar-refractivity contribution in [3.63, 3.8) is 0 Å². The van der Waals surface area contributed by atoms with Gasteiger partial charge in [0.05, 0.1) is 10.4 Å². The van der Waals surface area contributed by atoms with Crippen LogP contribution < -0.4 is 4.74 Å². The number of hydrogen-bond acceptors (Lipinski definition) is 7. The predicted molar refractivity (Wildman–Crippen MR) is 79.9 cm³/mol. The van der Waals surface area contributed by atoms with Crippen molar-refractivity contribution in [1.29, 1.82) is 0 Å². The van der Waals surface area contributed by atoms with Crippen LogP contribution in [0.25, 0.3) is 10.8 Å². The molecular formula is C15H9F3N2O4S. The van der Waals surface area contributed by atoms with Crippen molar-refractivity contribution in [1.82, 2.24) is 10.1 Å². The van der Waals surface area contributed by atoms with Gasteiger partial charge in [0.2, 0.25) is 5.82 Å². The molecule has 0 saturated heterocycles. The molecule has 2 aromatic heterocycles. The summed E-state index contributed by atoms with van der Waals surface area (Å²) in [5, 5.41) is 5.54. The molecule has 0 radical (unpaired) electrons. The Bertz CT molecular complexity index is 845. The maximum Gasteiger partial charge on any atom is 0.573 e. The van der Waals surface area contributed by atoms with Crippen LogP contribution in [0.1, 0.15) is 16.2 Å². The van der Waals surface area contributed by atoms with Gasteiger partial charge in [-0.3, -0.25) is 0 Å². The molecule has 0 aliphatic heterocycles. The summed E-state index contributed by atoms with van der Waals surface area (Å²) in [6, 6.07) is 8.00. The molecule has 0 atom stereocenters. The number of carbonyl (C=O) groups is 1. The second kappa shape index (κ2) is 6.93. The van der Waals surface area contributed by atoms with E-state index in [1.54, 1.807) is 6.07 Å². The smallest absolute Gasteiger partial charge is 0.454 e. The van der Waals surface area contributed by atoms with E-state index in [9.17, 15) is 18.0 Å². The van der Waals surface area contributed by atoms with Crippen LogP contribution in [0.2, 0.25) is 0 Å². The second-order valence-electron chi connectivity index (χ2n) is 4.64. The molecule has 0 bridgehead atoms. The fraction of sp³-hybridized carbons (Fsp3) is 0.133. The minimum absolute atomic E-state index is 0.0662. The quantitative estimate of drug-likeness (QED) is 0.631. The Morgan fingerprint density at radius 2 is 1.96 bits per heavy atom. The van der Waals surface area contributed by atoms with E-state index in [1.165, 1.54) is 11.3 Å². The zero-order valence-electron chi connectivity index (χ0n) is 12.3. The summed E-state index contributed by atoms with van der Waals surface area (Å²) in [6.07, 6.45) is -4.79. The molecule has 0 saturated carbocycles. The lowest BCUT2D eigenvalue weighted by Crippen LogP contribution is -2.17. The summed E-state index contributed by atoms with van der Waals surface area (Å²) >= 11 is 1.42. The summed E-state index contributed by atoms with van der Waals surface area (Å²) < 4.78 is 50.0. The van der Waals surface area contributed by atoms with E-state index in [4.69, 9.17) is 9.26 Å². The van der Waals surface area contributed by atoms with E-state index in [-0.39, 0.29) is 18.0 Å². The number of benzene rings is 1. The van der Waals surface area contributed by atoms with Gasteiger partial charge in [0.25, 0.3) is 5.89 Å². The number of ether oxygens (including phenoxy) is 2. The van der Waals surface area contributed by atoms with Crippen LogP contribution >= 0.6 is 11.3 Å². The first-order valence-electron chi connectivity index (χ1n) is 6.80. The highest BCUT2D eigenvalue weighted by Crippen LogP contribution is 2.24. The first kappa shape index (κ1) is 17.0. The Morgan fingerprint density at radius 1 is 1.20 bits per heavy atom. The van der Waals surface area contributed by atoms with Crippen molar-refractivity contribution in [2.75, 3.05) is 0 Å². The molecule has 6 nitrogen and oxygen atoms in total. The number of thiophene rings is 1. The summed E-state index contributed by atoms with van der Waals surface area (Å²) in [5.74, 6) is -0.674. The highest BCUT2D eigenvalue weighted by molar-refractivity contribution is 7.13. The van der Waals surface area contributed by atoms with Crippen LogP contribution in [0.4, 0.5) is 13.2 Å². The topological polar surface area (TPSA) is 74.5 Å². The number of hydrogen-bond donors (Lipinski definition) is 0. The van der Waals surface area contributed by atoms with Gasteiger partial charge >= 0.3 is 12.3 Å². The molecule has 0 aliphatic carbocycles. The third kappa shape index (κ3) is 4.57. The van der Waals surface area contributed by atoms with E-state index in [0.29, 0.717) is 5.89 Å². The molecule has 10 heteroatoms. The van der Waals surface area contributed by atoms with Gasteiger partial charge in [0, 0.05) is 0 Å². The summed E-state index contributed by atoms with van der Waals surface area (Å²) in [7, 11) is 0. The SMILES string of the molecule is O=C(OCc1noc(-c2cccs2)n1)c1ccc(OC(F)(F)F)cc1. The van der Waals surface area contributed by atoms with Gasteiger partial charge in [-0.2, -0.15) is 4.98 Å². The molecule has 25 heavy (non-hydrogen) atoms. The molecule has 130 valence electrons. The Morgan fingerprint density at radius 3 is 2.60 bits per heavy atom. The normalized spacial score (nSPS) is 11.3. The van der Waals surface area contributed by atoms with Crippen LogP contribution in [0.3, 0.4) is 0 Å². The molecule has 0 fully saturated rings. The lowest BCUT2D eigenvalue weighted by molar-refractivity contribution is -0.274. The number of halogens is 3. The van der Waals surface area contributed by atoms with Gasteiger partial charge in [-0.05, 0) is 35.7 Å². The number of nitrogens with zero attached hydrogens (tertiary/aromatic N) is 2. The molecule has 1 aromatic carbocycles. The zero-order chi connectivity index (χ0) is 17.9. The number of carbonyl (C=O) groups excluding carboxylic acids is 1. The first-order valence-corrected chi connectivity index (χ1v) is 7.68. The molecule has 0 N–H and O–H groups in total. The Labute approximate surface area is 142 Å². The van der Waals surface area contributed by atoms with Crippen molar-refractivity contribution in [3.05, 3.63) is 53.2 Å². The molecule has 0 aliphatic rings. The second-order valence-corrected chi connectivity index (χ2v) is 5.59. The molecule has 0 spiro atoms. The fourth-order valence-corrected chi connectivity index (χ4v) is 2.46. The van der Waals surface area contributed by atoms with E-state index in [1.807, 2.05) is 11.4 Å². The molecule has 0 unspecified atom stereocenters. The highest BCUT2D eigenvalue weighted by atomic mass is 32.1. The van der Waals surface area contributed by atoms with Gasteiger partial charge in [0.1, 0.15) is 5.75 Å². The minimum Gasteiger partial charge on any atom is -0.454 e. The maximum absolute atomic E-state index is 12.1. The average Bonchev–Trinajstić information content (AvgIpc) is 3.23. The van der Waals surface area contributed by atoms with Gasteiger partial charge in [-0.15, -0.1) is 24.5 Å². The van der Waals surface area contributed by atoms with Crippen LogP contribution in [0.5, 0.6) is 5.75 Å². The summed E-state index contributed by atoms with van der Waals surface area (Å²) in [6.45, 7) is -0.228. The van der Waals surface area contributed by atoms with Crippen molar-refractivity contribution >= 4 is 17.3 Å². The first-order chi connectivity index (χ1) is 11.9. The molecule has 3 rings (SSSR count). The average molecular weight is 370 g/mol. The predicted octanol–water partition coefficient (Wildman–Crippen LogP) is 4.05. The van der Waals surface area contributed by atoms with Gasteiger partial charge in [-0.25, -0.2) is 4.79 Å². The third-order valence-electron chi connectivity index (χ3n) is 2.86. The van der Waals surface area contributed by atoms with E-state index in [2.05, 4.69) is 14.9 Å². The van der Waals surface area contributed by atoms with Crippen LogP contribution in [-0.2, 0) is 11.3 Å². The highest BCUT2D eigenvalue weighted by Gasteiger charge is 2.31. The van der Waals surface area contributed by atoms with Crippen molar-refractivity contribution < 1.29 is 32.0 Å². The molecule has 3 aromatic rings. The summed E-state index contributed by atoms with van der Waals surface area (Å²) in [4.78, 5) is 16.7. The van der Waals surface area contributed by atoms with Crippen molar-refractivity contribution in [3.8, 4) is 16.5 Å².